The predicted molar refractivity (Wildman–Crippen MR) is 72.7 cm³/mol. The number of carbonyl (C=O) groups excluding carboxylic acids is 2. The lowest BCUT2D eigenvalue weighted by molar-refractivity contribution is -0.120. The van der Waals surface area contributed by atoms with E-state index in [1.807, 2.05) is 6.07 Å². The summed E-state index contributed by atoms with van der Waals surface area (Å²) in [6.45, 7) is 0.142. The van der Waals surface area contributed by atoms with Crippen LogP contribution in [-0.2, 0) is 20.7 Å². The minimum absolute atomic E-state index is 0.122. The van der Waals surface area contributed by atoms with E-state index in [4.69, 9.17) is 10.5 Å². The van der Waals surface area contributed by atoms with Crippen LogP contribution in [0.15, 0.2) is 24.3 Å². The van der Waals surface area contributed by atoms with Gasteiger partial charge in [-0.25, -0.2) is 0 Å². The molecular formula is C13H19N3O3. The molecule has 0 aliphatic heterocycles. The van der Waals surface area contributed by atoms with Crippen molar-refractivity contribution >= 4 is 17.5 Å². The number of amides is 2. The fourth-order valence-corrected chi connectivity index (χ4v) is 1.54. The van der Waals surface area contributed by atoms with Crippen LogP contribution in [0.3, 0.4) is 0 Å². The number of likely N-dealkylation sites (N-methyl/N-ethyl adjacent to an activating group) is 1. The first-order valence-corrected chi connectivity index (χ1v) is 5.92. The summed E-state index contributed by atoms with van der Waals surface area (Å²) < 4.78 is 4.82. The van der Waals surface area contributed by atoms with E-state index in [-0.39, 0.29) is 24.8 Å². The molecule has 19 heavy (non-hydrogen) atoms. The third-order valence-corrected chi connectivity index (χ3v) is 2.59. The zero-order valence-corrected chi connectivity index (χ0v) is 11.1. The van der Waals surface area contributed by atoms with Gasteiger partial charge in [-0.3, -0.25) is 9.59 Å². The zero-order chi connectivity index (χ0) is 14.3. The molecular weight excluding hydrogens is 246 g/mol. The van der Waals surface area contributed by atoms with Gasteiger partial charge in [0.05, 0.1) is 13.0 Å². The summed E-state index contributed by atoms with van der Waals surface area (Å²) in [5, 5.41) is 5.24. The van der Waals surface area contributed by atoms with Crippen molar-refractivity contribution in [3.8, 4) is 0 Å². The Morgan fingerprint density at radius 1 is 1.37 bits per heavy atom. The average molecular weight is 265 g/mol. The van der Waals surface area contributed by atoms with E-state index in [9.17, 15) is 9.59 Å². The lowest BCUT2D eigenvalue weighted by Gasteiger charge is -2.14. The van der Waals surface area contributed by atoms with Crippen LogP contribution in [0.1, 0.15) is 5.56 Å². The van der Waals surface area contributed by atoms with Crippen LogP contribution in [0.2, 0.25) is 0 Å². The van der Waals surface area contributed by atoms with Crippen LogP contribution >= 0.6 is 0 Å². The highest BCUT2D eigenvalue weighted by atomic mass is 16.5. The Kier molecular flexibility index (Phi) is 5.98. The molecule has 0 aromatic heterocycles. The summed E-state index contributed by atoms with van der Waals surface area (Å²) in [6, 6.07) is 6.37. The molecule has 1 atom stereocenters. The molecule has 0 saturated carbocycles. The number of ether oxygens (including phenoxy) is 1. The monoisotopic (exact) mass is 265 g/mol. The molecule has 0 spiro atoms. The Morgan fingerprint density at radius 2 is 2.05 bits per heavy atom. The van der Waals surface area contributed by atoms with Gasteiger partial charge >= 0.3 is 0 Å². The van der Waals surface area contributed by atoms with Crippen molar-refractivity contribution < 1.29 is 14.3 Å². The zero-order valence-electron chi connectivity index (χ0n) is 11.1. The third kappa shape index (κ3) is 4.69. The topological polar surface area (TPSA) is 93.5 Å². The van der Waals surface area contributed by atoms with E-state index in [0.29, 0.717) is 5.69 Å². The minimum Gasteiger partial charge on any atom is -0.383 e. The molecule has 0 aliphatic rings. The Labute approximate surface area is 112 Å². The smallest absolute Gasteiger partial charge is 0.243 e. The fraction of sp³-hybridized carbons (Fsp3) is 0.385. The number of anilines is 1. The molecule has 0 aliphatic carbocycles. The predicted octanol–water partition coefficient (Wildman–Crippen LogP) is -0.113. The Balaban J connectivity index is 2.77. The van der Waals surface area contributed by atoms with Crippen molar-refractivity contribution in [2.24, 2.45) is 5.73 Å². The van der Waals surface area contributed by atoms with Crippen LogP contribution < -0.4 is 16.4 Å². The highest BCUT2D eigenvalue weighted by Gasteiger charge is 2.15. The van der Waals surface area contributed by atoms with Crippen molar-refractivity contribution in [2.45, 2.75) is 12.5 Å². The number of rotatable bonds is 6. The molecule has 0 bridgehead atoms. The normalized spacial score (nSPS) is 11.7. The molecule has 0 fully saturated rings. The molecule has 2 amide bonds. The lowest BCUT2D eigenvalue weighted by Crippen LogP contribution is -2.39. The average Bonchev–Trinajstić information content (AvgIpc) is 2.41. The largest absolute Gasteiger partial charge is 0.383 e. The van der Waals surface area contributed by atoms with Crippen LogP contribution in [0.5, 0.6) is 0 Å². The number of para-hydroxylation sites is 1. The molecule has 6 heteroatoms. The van der Waals surface area contributed by atoms with E-state index in [0.717, 1.165) is 5.56 Å². The molecule has 4 N–H and O–H groups in total. The van der Waals surface area contributed by atoms with Crippen molar-refractivity contribution in [2.75, 3.05) is 26.1 Å². The van der Waals surface area contributed by atoms with Gasteiger partial charge in [0, 0.05) is 19.8 Å². The first kappa shape index (κ1) is 15.1. The van der Waals surface area contributed by atoms with Gasteiger partial charge < -0.3 is 21.1 Å². The molecule has 104 valence electrons. The molecule has 0 radical (unpaired) electrons. The minimum atomic E-state index is -0.738. The Bertz CT molecular complexity index is 449. The summed E-state index contributed by atoms with van der Waals surface area (Å²) in [6.07, 6.45) is 0.201. The van der Waals surface area contributed by atoms with Crippen molar-refractivity contribution in [3.63, 3.8) is 0 Å². The Morgan fingerprint density at radius 3 is 2.68 bits per heavy atom. The molecule has 0 heterocycles. The van der Waals surface area contributed by atoms with Crippen LogP contribution in [0.4, 0.5) is 5.69 Å². The molecule has 1 unspecified atom stereocenters. The quantitative estimate of drug-likeness (QED) is 0.669. The maximum atomic E-state index is 11.8. The summed E-state index contributed by atoms with van der Waals surface area (Å²) in [5.41, 5.74) is 6.96. The van der Waals surface area contributed by atoms with E-state index < -0.39 is 6.04 Å². The van der Waals surface area contributed by atoms with Gasteiger partial charge in [0.25, 0.3) is 0 Å². The number of nitrogens with two attached hydrogens (primary N) is 1. The highest BCUT2D eigenvalue weighted by molar-refractivity contribution is 5.96. The Hall–Kier alpha value is -1.92. The fourth-order valence-electron chi connectivity index (χ4n) is 1.54. The summed E-state index contributed by atoms with van der Waals surface area (Å²) in [4.78, 5) is 23.2. The van der Waals surface area contributed by atoms with Crippen molar-refractivity contribution in [1.82, 2.24) is 5.32 Å². The molecule has 1 aromatic rings. The van der Waals surface area contributed by atoms with E-state index in [1.165, 1.54) is 7.11 Å². The third-order valence-electron chi connectivity index (χ3n) is 2.59. The van der Waals surface area contributed by atoms with Gasteiger partial charge in [0.2, 0.25) is 11.8 Å². The maximum absolute atomic E-state index is 11.8. The first-order valence-electron chi connectivity index (χ1n) is 5.92. The number of nitrogens with one attached hydrogen (secondary N) is 2. The van der Waals surface area contributed by atoms with Crippen molar-refractivity contribution in [3.05, 3.63) is 29.8 Å². The van der Waals surface area contributed by atoms with Gasteiger partial charge in [-0.05, 0) is 11.6 Å². The second-order valence-electron chi connectivity index (χ2n) is 4.06. The number of benzene rings is 1. The van der Waals surface area contributed by atoms with E-state index >= 15 is 0 Å². The molecule has 1 aromatic carbocycles. The van der Waals surface area contributed by atoms with E-state index in [2.05, 4.69) is 10.6 Å². The second-order valence-corrected chi connectivity index (χ2v) is 4.06. The van der Waals surface area contributed by atoms with Crippen molar-refractivity contribution in [1.29, 1.82) is 0 Å². The van der Waals surface area contributed by atoms with E-state index in [1.54, 1.807) is 25.2 Å². The van der Waals surface area contributed by atoms with Gasteiger partial charge in [-0.15, -0.1) is 0 Å². The standard InChI is InChI=1S/C13H19N3O3/c1-15-12(17)7-9-5-3-4-6-11(9)16-13(18)10(14)8-19-2/h3-6,10H,7-8,14H2,1-2H3,(H,15,17)(H,16,18). The van der Waals surface area contributed by atoms with Gasteiger partial charge in [0.15, 0.2) is 0 Å². The maximum Gasteiger partial charge on any atom is 0.243 e. The van der Waals surface area contributed by atoms with Crippen LogP contribution in [0.25, 0.3) is 0 Å². The summed E-state index contributed by atoms with van der Waals surface area (Å²) in [7, 11) is 3.05. The van der Waals surface area contributed by atoms with Gasteiger partial charge in [-0.2, -0.15) is 0 Å². The number of hydrogen-bond donors (Lipinski definition) is 3. The molecule has 0 saturated heterocycles. The molecule has 6 nitrogen and oxygen atoms in total. The van der Waals surface area contributed by atoms with Crippen LogP contribution in [-0.4, -0.2) is 38.6 Å². The van der Waals surface area contributed by atoms with Gasteiger partial charge in [-0.1, -0.05) is 18.2 Å². The van der Waals surface area contributed by atoms with Crippen LogP contribution in [0, 0.1) is 0 Å². The van der Waals surface area contributed by atoms with Gasteiger partial charge in [0.1, 0.15) is 6.04 Å². The summed E-state index contributed by atoms with van der Waals surface area (Å²) in [5.74, 6) is -0.464. The molecule has 1 rings (SSSR count). The number of hydrogen-bond acceptors (Lipinski definition) is 4. The number of carbonyl (C=O) groups is 2. The summed E-state index contributed by atoms with van der Waals surface area (Å²) >= 11 is 0. The first-order chi connectivity index (χ1) is 9.08. The SMILES string of the molecule is CNC(=O)Cc1ccccc1NC(=O)C(N)COC. The second kappa shape index (κ2) is 7.50. The lowest BCUT2D eigenvalue weighted by atomic mass is 10.1. The number of methoxy groups -OCH3 is 1. The highest BCUT2D eigenvalue weighted by Crippen LogP contribution is 2.15.